The molecule has 0 atom stereocenters. The molecule has 1 fully saturated rings. The van der Waals surface area contributed by atoms with Crippen LogP contribution in [0, 0.1) is 0 Å². The molecule has 1 aliphatic heterocycles. The Balaban J connectivity index is 1.71. The quantitative estimate of drug-likeness (QED) is 0.740. The van der Waals surface area contributed by atoms with Crippen molar-refractivity contribution in [3.8, 4) is 0 Å². The normalized spacial score (nSPS) is 17.9. The zero-order valence-electron chi connectivity index (χ0n) is 11.3. The maximum absolute atomic E-state index is 5.36. The van der Waals surface area contributed by atoms with Crippen LogP contribution in [-0.4, -0.2) is 37.7 Å². The van der Waals surface area contributed by atoms with Crippen LogP contribution in [0.25, 0.3) is 0 Å². The summed E-state index contributed by atoms with van der Waals surface area (Å²) in [7, 11) is 0. The lowest BCUT2D eigenvalue weighted by molar-refractivity contribution is 0.0422. The first-order valence-corrected chi connectivity index (χ1v) is 6.84. The molecule has 0 saturated carbocycles. The highest BCUT2D eigenvalue weighted by Gasteiger charge is 2.09. The van der Waals surface area contributed by atoms with Gasteiger partial charge in [-0.05, 0) is 25.3 Å². The molecular formula is C16H23NO. The van der Waals surface area contributed by atoms with Crippen molar-refractivity contribution in [1.29, 1.82) is 0 Å². The molecule has 0 N–H and O–H groups in total. The number of rotatable bonds is 5. The summed E-state index contributed by atoms with van der Waals surface area (Å²) in [6.07, 6.45) is 4.66. The summed E-state index contributed by atoms with van der Waals surface area (Å²) in [6, 6.07) is 10.7. The van der Waals surface area contributed by atoms with Gasteiger partial charge in [0.25, 0.3) is 0 Å². The molecule has 2 rings (SSSR count). The minimum atomic E-state index is 0.886. The lowest BCUT2D eigenvalue weighted by atomic mass is 10.1. The zero-order valence-corrected chi connectivity index (χ0v) is 11.3. The van der Waals surface area contributed by atoms with Crippen LogP contribution in [-0.2, 0) is 11.2 Å². The SMILES string of the molecule is C/C(=C\CCc1ccccc1)CN1CCOCC1. The number of hydrogen-bond donors (Lipinski definition) is 0. The molecule has 0 aliphatic carbocycles. The second kappa shape index (κ2) is 7.34. The van der Waals surface area contributed by atoms with Gasteiger partial charge in [0.05, 0.1) is 13.2 Å². The van der Waals surface area contributed by atoms with Gasteiger partial charge in [-0.15, -0.1) is 0 Å². The maximum atomic E-state index is 5.36. The number of aryl methyl sites for hydroxylation is 1. The van der Waals surface area contributed by atoms with E-state index in [0.29, 0.717) is 0 Å². The van der Waals surface area contributed by atoms with Crippen LogP contribution in [0.15, 0.2) is 42.0 Å². The molecule has 0 radical (unpaired) electrons. The molecule has 1 heterocycles. The summed E-state index contributed by atoms with van der Waals surface area (Å²) in [5.41, 5.74) is 2.90. The number of morpholine rings is 1. The number of hydrogen-bond acceptors (Lipinski definition) is 2. The van der Waals surface area contributed by atoms with Crippen LogP contribution in [0.2, 0.25) is 0 Å². The van der Waals surface area contributed by atoms with E-state index in [-0.39, 0.29) is 0 Å². The fourth-order valence-electron chi connectivity index (χ4n) is 2.31. The summed E-state index contributed by atoms with van der Waals surface area (Å²) < 4.78 is 5.36. The van der Waals surface area contributed by atoms with Crippen LogP contribution < -0.4 is 0 Å². The van der Waals surface area contributed by atoms with E-state index < -0.39 is 0 Å². The second-order valence-corrected chi connectivity index (χ2v) is 4.96. The van der Waals surface area contributed by atoms with Gasteiger partial charge in [0, 0.05) is 19.6 Å². The van der Waals surface area contributed by atoms with Crippen molar-refractivity contribution in [2.45, 2.75) is 19.8 Å². The van der Waals surface area contributed by atoms with Crippen molar-refractivity contribution < 1.29 is 4.74 Å². The van der Waals surface area contributed by atoms with Crippen molar-refractivity contribution in [2.24, 2.45) is 0 Å². The predicted molar refractivity (Wildman–Crippen MR) is 75.8 cm³/mol. The Morgan fingerprint density at radius 1 is 1.22 bits per heavy atom. The highest BCUT2D eigenvalue weighted by molar-refractivity contribution is 5.15. The summed E-state index contributed by atoms with van der Waals surface area (Å²) in [5.74, 6) is 0. The van der Waals surface area contributed by atoms with Gasteiger partial charge in [0.1, 0.15) is 0 Å². The molecule has 98 valence electrons. The van der Waals surface area contributed by atoms with Gasteiger partial charge >= 0.3 is 0 Å². The Labute approximate surface area is 110 Å². The van der Waals surface area contributed by atoms with E-state index in [2.05, 4.69) is 48.2 Å². The molecule has 1 aromatic carbocycles. The lowest BCUT2D eigenvalue weighted by Crippen LogP contribution is -2.37. The first-order chi connectivity index (χ1) is 8.84. The number of ether oxygens (including phenoxy) is 1. The van der Waals surface area contributed by atoms with Gasteiger partial charge in [0.2, 0.25) is 0 Å². The Kier molecular flexibility index (Phi) is 5.43. The maximum Gasteiger partial charge on any atom is 0.0594 e. The monoisotopic (exact) mass is 245 g/mol. The number of benzene rings is 1. The highest BCUT2D eigenvalue weighted by atomic mass is 16.5. The molecule has 0 spiro atoms. The van der Waals surface area contributed by atoms with E-state index in [9.17, 15) is 0 Å². The summed E-state index contributed by atoms with van der Waals surface area (Å²) >= 11 is 0. The van der Waals surface area contributed by atoms with Crippen LogP contribution >= 0.6 is 0 Å². The average Bonchev–Trinajstić information content (AvgIpc) is 2.41. The average molecular weight is 245 g/mol. The van der Waals surface area contributed by atoms with E-state index in [4.69, 9.17) is 4.74 Å². The minimum Gasteiger partial charge on any atom is -0.379 e. The van der Waals surface area contributed by atoms with E-state index in [1.165, 1.54) is 11.1 Å². The molecule has 0 unspecified atom stereocenters. The molecule has 2 nitrogen and oxygen atoms in total. The lowest BCUT2D eigenvalue weighted by Gasteiger charge is -2.26. The van der Waals surface area contributed by atoms with Gasteiger partial charge in [-0.25, -0.2) is 0 Å². The molecule has 1 aromatic rings. The predicted octanol–water partition coefficient (Wildman–Crippen LogP) is 2.90. The first kappa shape index (κ1) is 13.3. The molecule has 0 bridgehead atoms. The van der Waals surface area contributed by atoms with E-state index in [0.717, 1.165) is 45.7 Å². The Morgan fingerprint density at radius 3 is 2.67 bits per heavy atom. The van der Waals surface area contributed by atoms with Crippen LogP contribution in [0.5, 0.6) is 0 Å². The van der Waals surface area contributed by atoms with Crippen LogP contribution in [0.1, 0.15) is 18.9 Å². The smallest absolute Gasteiger partial charge is 0.0594 e. The minimum absolute atomic E-state index is 0.886. The third kappa shape index (κ3) is 4.63. The Bertz CT molecular complexity index is 366. The molecule has 0 amide bonds. The molecule has 1 aliphatic rings. The van der Waals surface area contributed by atoms with Gasteiger partial charge < -0.3 is 4.74 Å². The van der Waals surface area contributed by atoms with Crippen LogP contribution in [0.4, 0.5) is 0 Å². The topological polar surface area (TPSA) is 12.5 Å². The van der Waals surface area contributed by atoms with Gasteiger partial charge in [-0.1, -0.05) is 42.0 Å². The Morgan fingerprint density at radius 2 is 1.94 bits per heavy atom. The van der Waals surface area contributed by atoms with Gasteiger partial charge in [-0.2, -0.15) is 0 Å². The van der Waals surface area contributed by atoms with Crippen molar-refractivity contribution in [1.82, 2.24) is 4.90 Å². The fraction of sp³-hybridized carbons (Fsp3) is 0.500. The van der Waals surface area contributed by atoms with Crippen molar-refractivity contribution in [3.63, 3.8) is 0 Å². The second-order valence-electron chi connectivity index (χ2n) is 4.96. The third-order valence-corrected chi connectivity index (χ3v) is 3.35. The highest BCUT2D eigenvalue weighted by Crippen LogP contribution is 2.07. The molecular weight excluding hydrogens is 222 g/mol. The Hall–Kier alpha value is -1.12. The number of nitrogens with zero attached hydrogens (tertiary/aromatic N) is 1. The van der Waals surface area contributed by atoms with Gasteiger partial charge in [-0.3, -0.25) is 4.90 Å². The third-order valence-electron chi connectivity index (χ3n) is 3.35. The first-order valence-electron chi connectivity index (χ1n) is 6.84. The molecule has 1 saturated heterocycles. The standard InChI is InChI=1S/C16H23NO/c1-15(14-17-10-12-18-13-11-17)6-5-9-16-7-3-2-4-8-16/h2-4,6-8H,5,9-14H2,1H3/b15-6+. The van der Waals surface area contributed by atoms with Gasteiger partial charge in [0.15, 0.2) is 0 Å². The number of allylic oxidation sites excluding steroid dienone is 1. The van der Waals surface area contributed by atoms with Crippen molar-refractivity contribution >= 4 is 0 Å². The zero-order chi connectivity index (χ0) is 12.6. The fourth-order valence-corrected chi connectivity index (χ4v) is 2.31. The molecule has 18 heavy (non-hydrogen) atoms. The van der Waals surface area contributed by atoms with Crippen molar-refractivity contribution in [3.05, 3.63) is 47.5 Å². The largest absolute Gasteiger partial charge is 0.379 e. The van der Waals surface area contributed by atoms with E-state index in [1.54, 1.807) is 0 Å². The van der Waals surface area contributed by atoms with Crippen molar-refractivity contribution in [2.75, 3.05) is 32.8 Å². The summed E-state index contributed by atoms with van der Waals surface area (Å²) in [5, 5.41) is 0. The summed E-state index contributed by atoms with van der Waals surface area (Å²) in [6.45, 7) is 7.25. The van der Waals surface area contributed by atoms with E-state index in [1.807, 2.05) is 0 Å². The molecule has 0 aromatic heterocycles. The van der Waals surface area contributed by atoms with Crippen LogP contribution in [0.3, 0.4) is 0 Å². The summed E-state index contributed by atoms with van der Waals surface area (Å²) in [4.78, 5) is 2.47. The van der Waals surface area contributed by atoms with E-state index >= 15 is 0 Å². The molecule has 2 heteroatoms.